The number of nitrogens with zero attached hydrogens (tertiary/aromatic N) is 1. The third-order valence-corrected chi connectivity index (χ3v) is 5.13. The average Bonchev–Trinajstić information content (AvgIpc) is 3.02. The lowest BCUT2D eigenvalue weighted by atomic mass is 9.85. The van der Waals surface area contributed by atoms with Crippen molar-refractivity contribution in [2.24, 2.45) is 11.7 Å². The third kappa shape index (κ3) is 6.13. The van der Waals surface area contributed by atoms with Crippen LogP contribution in [0.5, 0.6) is 0 Å². The molecule has 3 atom stereocenters. The zero-order valence-corrected chi connectivity index (χ0v) is 16.9. The van der Waals surface area contributed by atoms with Gasteiger partial charge >= 0.3 is 0 Å². The van der Waals surface area contributed by atoms with E-state index in [4.69, 9.17) is 14.9 Å². The summed E-state index contributed by atoms with van der Waals surface area (Å²) in [5.41, 5.74) is 6.01. The normalized spacial score (nSPS) is 24.8. The summed E-state index contributed by atoms with van der Waals surface area (Å²) >= 11 is 0. The van der Waals surface area contributed by atoms with Gasteiger partial charge in [-0.15, -0.1) is 24.8 Å². The molecular formula is C18H31Cl2N3O3. The van der Waals surface area contributed by atoms with E-state index in [0.29, 0.717) is 6.54 Å². The van der Waals surface area contributed by atoms with E-state index in [1.165, 1.54) is 0 Å². The van der Waals surface area contributed by atoms with Gasteiger partial charge in [0.1, 0.15) is 11.5 Å². The lowest BCUT2D eigenvalue weighted by Gasteiger charge is -2.34. The molecule has 3 N–H and O–H groups in total. The molecule has 8 heteroatoms. The Morgan fingerprint density at radius 1 is 1.31 bits per heavy atom. The van der Waals surface area contributed by atoms with Crippen molar-refractivity contribution in [2.45, 2.75) is 44.7 Å². The Morgan fingerprint density at radius 2 is 2.04 bits per heavy atom. The van der Waals surface area contributed by atoms with Gasteiger partial charge in [-0.2, -0.15) is 0 Å². The molecule has 3 rings (SSSR count). The maximum atomic E-state index is 12.5. The lowest BCUT2D eigenvalue weighted by Crippen LogP contribution is -2.45. The van der Waals surface area contributed by atoms with Gasteiger partial charge in [-0.3, -0.25) is 9.69 Å². The summed E-state index contributed by atoms with van der Waals surface area (Å²) in [6.07, 6.45) is 3.82. The number of morpholine rings is 1. The second kappa shape index (κ2) is 11.1. The second-order valence-corrected chi connectivity index (χ2v) is 6.98. The molecular weight excluding hydrogens is 377 g/mol. The molecule has 2 fully saturated rings. The van der Waals surface area contributed by atoms with Crippen LogP contribution in [0, 0.1) is 12.8 Å². The van der Waals surface area contributed by atoms with Crippen molar-refractivity contribution in [3.63, 3.8) is 0 Å². The van der Waals surface area contributed by atoms with Crippen molar-refractivity contribution in [2.75, 3.05) is 32.8 Å². The Labute approximate surface area is 168 Å². The molecule has 0 bridgehead atoms. The summed E-state index contributed by atoms with van der Waals surface area (Å²) < 4.78 is 11.3. The minimum absolute atomic E-state index is 0. The van der Waals surface area contributed by atoms with Crippen LogP contribution in [0.2, 0.25) is 0 Å². The SMILES string of the molecule is Cc1ccc(C(CNC(=O)C2CCCC(N)C2)N2CCOCC2)o1.Cl.Cl. The first-order chi connectivity index (χ1) is 11.6. The van der Waals surface area contributed by atoms with Gasteiger partial charge in [0.05, 0.1) is 19.3 Å². The number of carbonyl (C=O) groups is 1. The van der Waals surface area contributed by atoms with Crippen molar-refractivity contribution in [3.8, 4) is 0 Å². The van der Waals surface area contributed by atoms with Gasteiger partial charge in [0.25, 0.3) is 0 Å². The first-order valence-electron chi connectivity index (χ1n) is 9.05. The Balaban J connectivity index is 0.00000169. The number of nitrogens with one attached hydrogen (secondary N) is 1. The van der Waals surface area contributed by atoms with Crippen molar-refractivity contribution < 1.29 is 13.9 Å². The Hall–Kier alpha value is -0.790. The van der Waals surface area contributed by atoms with Gasteiger partial charge < -0.3 is 20.2 Å². The summed E-state index contributed by atoms with van der Waals surface area (Å²) in [4.78, 5) is 14.9. The summed E-state index contributed by atoms with van der Waals surface area (Å²) in [5, 5.41) is 3.14. The highest BCUT2D eigenvalue weighted by atomic mass is 35.5. The van der Waals surface area contributed by atoms with Gasteiger partial charge in [0, 0.05) is 31.6 Å². The van der Waals surface area contributed by atoms with Gasteiger partial charge in [0.2, 0.25) is 5.91 Å². The van der Waals surface area contributed by atoms with Crippen LogP contribution in [0.15, 0.2) is 16.5 Å². The van der Waals surface area contributed by atoms with Gasteiger partial charge in [-0.25, -0.2) is 0 Å². The van der Waals surface area contributed by atoms with E-state index in [1.54, 1.807) is 0 Å². The fraction of sp³-hybridized carbons (Fsp3) is 0.722. The topological polar surface area (TPSA) is 80.7 Å². The quantitative estimate of drug-likeness (QED) is 0.782. The number of halogens is 2. The first kappa shape index (κ1) is 23.2. The van der Waals surface area contributed by atoms with Crippen LogP contribution in [0.25, 0.3) is 0 Å². The number of nitrogens with two attached hydrogens (primary N) is 1. The van der Waals surface area contributed by atoms with E-state index in [-0.39, 0.29) is 48.7 Å². The number of amides is 1. The molecule has 1 saturated carbocycles. The third-order valence-electron chi connectivity index (χ3n) is 5.13. The van der Waals surface area contributed by atoms with Crippen LogP contribution in [-0.4, -0.2) is 49.7 Å². The minimum atomic E-state index is 0. The van der Waals surface area contributed by atoms with Crippen LogP contribution in [0.4, 0.5) is 0 Å². The van der Waals surface area contributed by atoms with Crippen LogP contribution in [0.1, 0.15) is 43.2 Å². The first-order valence-corrected chi connectivity index (χ1v) is 9.05. The summed E-state index contributed by atoms with van der Waals surface area (Å²) in [7, 11) is 0. The highest BCUT2D eigenvalue weighted by molar-refractivity contribution is 5.85. The van der Waals surface area contributed by atoms with Crippen molar-refractivity contribution in [3.05, 3.63) is 23.7 Å². The molecule has 0 spiro atoms. The van der Waals surface area contributed by atoms with E-state index < -0.39 is 0 Å². The Bertz CT molecular complexity index is 550. The van der Waals surface area contributed by atoms with E-state index in [2.05, 4.69) is 10.2 Å². The Kier molecular flexibility index (Phi) is 9.97. The highest BCUT2D eigenvalue weighted by Crippen LogP contribution is 2.25. The number of carbonyl (C=O) groups excluding carboxylic acids is 1. The molecule has 1 amide bonds. The molecule has 6 nitrogen and oxygen atoms in total. The van der Waals surface area contributed by atoms with Crippen molar-refractivity contribution in [1.29, 1.82) is 0 Å². The molecule has 2 aliphatic rings. The van der Waals surface area contributed by atoms with Crippen LogP contribution >= 0.6 is 24.8 Å². The Morgan fingerprint density at radius 3 is 2.65 bits per heavy atom. The van der Waals surface area contributed by atoms with E-state index >= 15 is 0 Å². The molecule has 1 saturated heterocycles. The molecule has 1 aliphatic heterocycles. The summed E-state index contributed by atoms with van der Waals surface area (Å²) in [6, 6.07) is 4.21. The molecule has 1 aromatic rings. The predicted octanol–water partition coefficient (Wildman–Crippen LogP) is 2.44. The molecule has 2 heterocycles. The van der Waals surface area contributed by atoms with Gasteiger partial charge in [-0.1, -0.05) is 6.42 Å². The molecule has 1 aromatic heterocycles. The average molecular weight is 408 g/mol. The smallest absolute Gasteiger partial charge is 0.223 e. The maximum Gasteiger partial charge on any atom is 0.223 e. The zero-order valence-electron chi connectivity index (χ0n) is 15.3. The molecule has 1 aliphatic carbocycles. The number of hydrogen-bond donors (Lipinski definition) is 2. The largest absolute Gasteiger partial charge is 0.465 e. The van der Waals surface area contributed by atoms with E-state index in [9.17, 15) is 4.79 Å². The fourth-order valence-electron chi connectivity index (χ4n) is 3.74. The van der Waals surface area contributed by atoms with Gasteiger partial charge in [0.15, 0.2) is 0 Å². The molecule has 150 valence electrons. The molecule has 0 aromatic carbocycles. The standard InChI is InChI=1S/C18H29N3O3.2ClH/c1-13-5-6-17(24-13)16(21-7-9-23-10-8-21)12-20-18(22)14-3-2-4-15(19)11-14;;/h5-6,14-16H,2-4,7-12,19H2,1H3,(H,20,22);2*1H. The number of ether oxygens (including phenoxy) is 1. The molecule has 0 radical (unpaired) electrons. The number of aryl methyl sites for hydroxylation is 1. The van der Waals surface area contributed by atoms with E-state index in [1.807, 2.05) is 19.1 Å². The van der Waals surface area contributed by atoms with E-state index in [0.717, 1.165) is 63.5 Å². The minimum Gasteiger partial charge on any atom is -0.465 e. The molecule has 26 heavy (non-hydrogen) atoms. The number of furan rings is 1. The van der Waals surface area contributed by atoms with Crippen LogP contribution in [0.3, 0.4) is 0 Å². The summed E-state index contributed by atoms with van der Waals surface area (Å²) in [6.45, 7) is 5.67. The number of hydrogen-bond acceptors (Lipinski definition) is 5. The summed E-state index contributed by atoms with van der Waals surface area (Å²) in [5.74, 6) is 1.99. The highest BCUT2D eigenvalue weighted by Gasteiger charge is 2.29. The second-order valence-electron chi connectivity index (χ2n) is 6.98. The van der Waals surface area contributed by atoms with Crippen LogP contribution in [-0.2, 0) is 9.53 Å². The predicted molar refractivity (Wildman–Crippen MR) is 106 cm³/mol. The maximum absolute atomic E-state index is 12.5. The monoisotopic (exact) mass is 407 g/mol. The number of rotatable bonds is 5. The molecule has 3 unspecified atom stereocenters. The van der Waals surface area contributed by atoms with Crippen molar-refractivity contribution in [1.82, 2.24) is 10.2 Å². The lowest BCUT2D eigenvalue weighted by molar-refractivity contribution is -0.126. The fourth-order valence-corrected chi connectivity index (χ4v) is 3.74. The zero-order chi connectivity index (χ0) is 16.9. The van der Waals surface area contributed by atoms with Gasteiger partial charge in [-0.05, 0) is 38.3 Å². The van der Waals surface area contributed by atoms with Crippen LogP contribution < -0.4 is 11.1 Å². The van der Waals surface area contributed by atoms with Crippen molar-refractivity contribution >= 4 is 30.7 Å².